The molecule has 10 heteroatoms. The molecule has 1 fully saturated rings. The molecule has 0 bridgehead atoms. The molecule has 0 saturated carbocycles. The first-order valence-electron chi connectivity index (χ1n) is 9.66. The molecule has 4 heterocycles. The van der Waals surface area contributed by atoms with Gasteiger partial charge in [0.1, 0.15) is 25.8 Å². The number of aromatic carboxylic acids is 1. The molecule has 0 aliphatic carbocycles. The van der Waals surface area contributed by atoms with Crippen molar-refractivity contribution in [1.82, 2.24) is 14.5 Å². The Morgan fingerprint density at radius 1 is 1.33 bits per heavy atom. The van der Waals surface area contributed by atoms with Crippen molar-refractivity contribution in [3.05, 3.63) is 46.6 Å². The fraction of sp³-hybridized carbons (Fsp3) is 0.300. The van der Waals surface area contributed by atoms with Crippen molar-refractivity contribution in [2.45, 2.75) is 19.0 Å². The van der Waals surface area contributed by atoms with Crippen LogP contribution < -0.4 is 25.8 Å². The summed E-state index contributed by atoms with van der Waals surface area (Å²) < 4.78 is 7.73. The van der Waals surface area contributed by atoms with E-state index in [1.807, 2.05) is 0 Å². The second-order valence-corrected chi connectivity index (χ2v) is 7.43. The van der Waals surface area contributed by atoms with Gasteiger partial charge in [0.05, 0.1) is 23.9 Å². The summed E-state index contributed by atoms with van der Waals surface area (Å²) in [6, 6.07) is 1.72. The van der Waals surface area contributed by atoms with E-state index in [-0.39, 0.29) is 17.0 Å². The Balaban J connectivity index is 1.55. The SMILES string of the molecule is [B]c1cc2c(=O)c(C(=O)O)cn3c2c(c1N1CC[C@@H](Nc2cnccn2)C1)OCC3. The summed E-state index contributed by atoms with van der Waals surface area (Å²) in [4.78, 5) is 34.7. The van der Waals surface area contributed by atoms with Gasteiger partial charge in [0.25, 0.3) is 0 Å². The summed E-state index contributed by atoms with van der Waals surface area (Å²) >= 11 is 0. The summed E-state index contributed by atoms with van der Waals surface area (Å²) in [5, 5.41) is 13.0. The molecular formula is C20H18BN5O4. The fourth-order valence-electron chi connectivity index (χ4n) is 4.24. The highest BCUT2D eigenvalue weighted by Gasteiger charge is 2.30. The lowest BCUT2D eigenvalue weighted by Gasteiger charge is -2.29. The molecule has 2 radical (unpaired) electrons. The molecule has 30 heavy (non-hydrogen) atoms. The van der Waals surface area contributed by atoms with E-state index in [0.717, 1.165) is 18.7 Å². The molecule has 1 saturated heterocycles. The summed E-state index contributed by atoms with van der Waals surface area (Å²) in [7, 11) is 6.35. The molecule has 1 atom stereocenters. The third kappa shape index (κ3) is 2.95. The average Bonchev–Trinajstić information content (AvgIpc) is 3.18. The van der Waals surface area contributed by atoms with E-state index in [1.165, 1.54) is 6.20 Å². The van der Waals surface area contributed by atoms with Gasteiger partial charge in [0.2, 0.25) is 5.43 Å². The largest absolute Gasteiger partial charge is 0.487 e. The zero-order valence-electron chi connectivity index (χ0n) is 16.0. The Labute approximate surface area is 172 Å². The summed E-state index contributed by atoms with van der Waals surface area (Å²) in [6.45, 7) is 2.27. The number of benzene rings is 1. The van der Waals surface area contributed by atoms with Crippen LogP contribution in [0.15, 0.2) is 35.6 Å². The van der Waals surface area contributed by atoms with Gasteiger partial charge in [-0.3, -0.25) is 9.78 Å². The van der Waals surface area contributed by atoms with Gasteiger partial charge in [-0.25, -0.2) is 9.78 Å². The van der Waals surface area contributed by atoms with Gasteiger partial charge in [-0.2, -0.15) is 0 Å². The van der Waals surface area contributed by atoms with Gasteiger partial charge in [-0.15, -0.1) is 0 Å². The van der Waals surface area contributed by atoms with Crippen LogP contribution in [0.1, 0.15) is 16.8 Å². The number of pyridine rings is 1. The smallest absolute Gasteiger partial charge is 0.341 e. The third-order valence-corrected chi connectivity index (χ3v) is 5.55. The Hall–Kier alpha value is -3.56. The first-order chi connectivity index (χ1) is 14.5. The highest BCUT2D eigenvalue weighted by molar-refractivity contribution is 6.38. The molecule has 2 N–H and O–H groups in total. The standard InChI is InChI=1S/C20H18BN5O4/c21-14-7-12-16-19(30-6-5-26(16)10-13(18(12)27)20(28)29)17(14)25-4-1-11(9-25)24-15-8-22-2-3-23-15/h2-3,7-8,10-11H,1,4-6,9H2,(H,23,24)(H,28,29)/t11-/m1/s1. The number of hydrogen-bond acceptors (Lipinski definition) is 7. The van der Waals surface area contributed by atoms with Crippen molar-refractivity contribution in [2.75, 3.05) is 29.9 Å². The summed E-state index contributed by atoms with van der Waals surface area (Å²) in [5.74, 6) is -0.00675. The normalized spacial score (nSPS) is 17.7. The Kier molecular flexibility index (Phi) is 4.34. The Morgan fingerprint density at radius 3 is 2.97 bits per heavy atom. The zero-order valence-corrected chi connectivity index (χ0v) is 16.0. The predicted octanol–water partition coefficient (Wildman–Crippen LogP) is 0.367. The molecule has 150 valence electrons. The van der Waals surface area contributed by atoms with Crippen molar-refractivity contribution in [1.29, 1.82) is 0 Å². The van der Waals surface area contributed by atoms with Gasteiger partial charge in [-0.05, 0) is 6.42 Å². The number of nitrogens with zero attached hydrogens (tertiary/aromatic N) is 4. The number of rotatable bonds is 4. The monoisotopic (exact) mass is 403 g/mol. The molecular weight excluding hydrogens is 385 g/mol. The molecule has 0 unspecified atom stereocenters. The van der Waals surface area contributed by atoms with E-state index in [4.69, 9.17) is 12.6 Å². The molecule has 2 aliphatic rings. The Morgan fingerprint density at radius 2 is 2.20 bits per heavy atom. The van der Waals surface area contributed by atoms with Crippen LogP contribution in [-0.4, -0.2) is 59.2 Å². The molecule has 5 rings (SSSR count). The van der Waals surface area contributed by atoms with E-state index in [9.17, 15) is 14.7 Å². The van der Waals surface area contributed by atoms with Crippen molar-refractivity contribution >= 4 is 41.7 Å². The number of carbonyl (C=O) groups is 1. The third-order valence-electron chi connectivity index (χ3n) is 5.55. The van der Waals surface area contributed by atoms with Crippen molar-refractivity contribution in [2.24, 2.45) is 0 Å². The number of carboxylic acids is 1. The molecule has 1 aromatic carbocycles. The van der Waals surface area contributed by atoms with Gasteiger partial charge in [0.15, 0.2) is 5.75 Å². The number of ether oxygens (including phenoxy) is 1. The van der Waals surface area contributed by atoms with Crippen LogP contribution >= 0.6 is 0 Å². The average molecular weight is 403 g/mol. The molecule has 2 aliphatic heterocycles. The molecule has 2 aromatic heterocycles. The zero-order chi connectivity index (χ0) is 20.8. The topological polar surface area (TPSA) is 110 Å². The van der Waals surface area contributed by atoms with Crippen LogP contribution in [0.4, 0.5) is 11.5 Å². The van der Waals surface area contributed by atoms with Crippen LogP contribution in [0.25, 0.3) is 10.9 Å². The van der Waals surface area contributed by atoms with Crippen molar-refractivity contribution in [3.63, 3.8) is 0 Å². The highest BCUT2D eigenvalue weighted by Crippen LogP contribution is 2.37. The van der Waals surface area contributed by atoms with Crippen molar-refractivity contribution in [3.8, 4) is 5.75 Å². The minimum Gasteiger partial charge on any atom is -0.487 e. The molecule has 9 nitrogen and oxygen atoms in total. The summed E-state index contributed by atoms with van der Waals surface area (Å²) in [5.41, 5.74) is 0.901. The maximum atomic E-state index is 12.7. The van der Waals surface area contributed by atoms with Gasteiger partial charge in [-0.1, -0.05) is 11.5 Å². The van der Waals surface area contributed by atoms with E-state index in [2.05, 4.69) is 20.2 Å². The number of hydrogen-bond donors (Lipinski definition) is 2. The van der Waals surface area contributed by atoms with E-state index in [1.54, 1.807) is 29.2 Å². The van der Waals surface area contributed by atoms with Crippen LogP contribution in [-0.2, 0) is 6.54 Å². The second-order valence-electron chi connectivity index (χ2n) is 7.43. The first kappa shape index (κ1) is 18.5. The molecule has 0 amide bonds. The van der Waals surface area contributed by atoms with Crippen LogP contribution in [0.5, 0.6) is 5.75 Å². The Bertz CT molecular complexity index is 1210. The number of nitrogens with one attached hydrogen (secondary N) is 1. The van der Waals surface area contributed by atoms with Crippen LogP contribution in [0, 0.1) is 0 Å². The van der Waals surface area contributed by atoms with Gasteiger partial charge in [0, 0.05) is 43.1 Å². The van der Waals surface area contributed by atoms with E-state index < -0.39 is 11.4 Å². The number of anilines is 2. The minimum atomic E-state index is -1.25. The van der Waals surface area contributed by atoms with Crippen molar-refractivity contribution < 1.29 is 14.6 Å². The molecule has 0 spiro atoms. The lowest BCUT2D eigenvalue weighted by Crippen LogP contribution is -2.32. The summed E-state index contributed by atoms with van der Waals surface area (Å²) in [6.07, 6.45) is 7.20. The highest BCUT2D eigenvalue weighted by atomic mass is 16.5. The predicted molar refractivity (Wildman–Crippen MR) is 112 cm³/mol. The maximum Gasteiger partial charge on any atom is 0.341 e. The second kappa shape index (κ2) is 7.05. The lowest BCUT2D eigenvalue weighted by atomic mass is 9.90. The van der Waals surface area contributed by atoms with Crippen LogP contribution in [0.3, 0.4) is 0 Å². The van der Waals surface area contributed by atoms with E-state index >= 15 is 0 Å². The maximum absolute atomic E-state index is 12.7. The minimum absolute atomic E-state index is 0.157. The fourth-order valence-corrected chi connectivity index (χ4v) is 4.24. The number of aromatic nitrogens is 3. The van der Waals surface area contributed by atoms with Gasteiger partial charge < -0.3 is 24.6 Å². The van der Waals surface area contributed by atoms with Crippen LogP contribution in [0.2, 0.25) is 0 Å². The lowest BCUT2D eigenvalue weighted by molar-refractivity contribution is 0.0694. The quantitative estimate of drug-likeness (QED) is 0.602. The first-order valence-corrected chi connectivity index (χ1v) is 9.66. The molecule has 3 aromatic rings. The van der Waals surface area contributed by atoms with Gasteiger partial charge >= 0.3 is 5.97 Å². The van der Waals surface area contributed by atoms with E-state index in [0.29, 0.717) is 42.2 Å². The number of carboxylic acid groups (broad SMARTS) is 1.